The van der Waals surface area contributed by atoms with Gasteiger partial charge < -0.3 is 20.1 Å². The number of carbonyl (C=O) groups excluding carboxylic acids is 1. The van der Waals surface area contributed by atoms with Crippen molar-refractivity contribution < 1.29 is 39.2 Å². The third-order valence-corrected chi connectivity index (χ3v) is 3.11. The van der Waals surface area contributed by atoms with E-state index in [1.165, 1.54) is 6.92 Å². The standard InChI is InChI=1S/C14H14O8/c1-7(2)12(19)22-6-14(13(20)21)4-3-8(10(15)16)9(5-14)11(17)18/h3-4H,1,5-6H2,2H3,(H,15,16)(H,17,18)(H,20,21). The maximum atomic E-state index is 11.5. The number of carboxylic acids is 3. The van der Waals surface area contributed by atoms with Gasteiger partial charge in [-0.05, 0) is 13.0 Å². The number of esters is 1. The molecule has 0 fully saturated rings. The molecule has 0 heterocycles. The van der Waals surface area contributed by atoms with Crippen LogP contribution < -0.4 is 0 Å². The molecular formula is C14H14O8. The van der Waals surface area contributed by atoms with Gasteiger partial charge in [-0.3, -0.25) is 4.79 Å². The summed E-state index contributed by atoms with van der Waals surface area (Å²) in [5.74, 6) is -5.27. The maximum absolute atomic E-state index is 11.5. The molecule has 8 heteroatoms. The quantitative estimate of drug-likeness (QED) is 0.479. The minimum Gasteiger partial charge on any atom is -0.480 e. The molecule has 0 amide bonds. The average Bonchev–Trinajstić information content (AvgIpc) is 2.43. The molecule has 22 heavy (non-hydrogen) atoms. The van der Waals surface area contributed by atoms with Gasteiger partial charge in [-0.2, -0.15) is 0 Å². The second kappa shape index (κ2) is 6.25. The number of ether oxygens (including phenoxy) is 1. The predicted octanol–water partition coefficient (Wildman–Crippen LogP) is 0.602. The Bertz CT molecular complexity index is 625. The molecule has 1 aliphatic carbocycles. The monoisotopic (exact) mass is 310 g/mol. The van der Waals surface area contributed by atoms with Crippen LogP contribution in [0.1, 0.15) is 13.3 Å². The second-order valence-corrected chi connectivity index (χ2v) is 4.83. The summed E-state index contributed by atoms with van der Waals surface area (Å²) < 4.78 is 4.80. The van der Waals surface area contributed by atoms with E-state index >= 15 is 0 Å². The van der Waals surface area contributed by atoms with Gasteiger partial charge in [0, 0.05) is 12.0 Å². The maximum Gasteiger partial charge on any atom is 0.336 e. The first-order chi connectivity index (χ1) is 10.1. The molecule has 0 aliphatic heterocycles. The number of rotatable bonds is 6. The van der Waals surface area contributed by atoms with E-state index in [0.717, 1.165) is 12.2 Å². The van der Waals surface area contributed by atoms with Crippen LogP contribution in [0.25, 0.3) is 0 Å². The van der Waals surface area contributed by atoms with Gasteiger partial charge in [0.25, 0.3) is 0 Å². The second-order valence-electron chi connectivity index (χ2n) is 4.83. The van der Waals surface area contributed by atoms with Crippen molar-refractivity contribution in [3.8, 4) is 0 Å². The number of hydrogen-bond acceptors (Lipinski definition) is 5. The Morgan fingerprint density at radius 3 is 2.23 bits per heavy atom. The molecule has 0 aromatic rings. The molecule has 1 atom stereocenters. The molecule has 118 valence electrons. The van der Waals surface area contributed by atoms with E-state index in [-0.39, 0.29) is 5.57 Å². The Kier molecular flexibility index (Phi) is 4.87. The summed E-state index contributed by atoms with van der Waals surface area (Å²) in [4.78, 5) is 45.0. The summed E-state index contributed by atoms with van der Waals surface area (Å²) in [6, 6.07) is 0. The molecule has 0 bridgehead atoms. The van der Waals surface area contributed by atoms with Gasteiger partial charge in [0.15, 0.2) is 0 Å². The Labute approximate surface area is 125 Å². The van der Waals surface area contributed by atoms with Crippen molar-refractivity contribution in [2.24, 2.45) is 5.41 Å². The first-order valence-corrected chi connectivity index (χ1v) is 6.06. The first kappa shape index (κ1) is 17.2. The molecule has 0 aromatic heterocycles. The van der Waals surface area contributed by atoms with Crippen molar-refractivity contribution in [1.82, 2.24) is 0 Å². The first-order valence-electron chi connectivity index (χ1n) is 6.06. The van der Waals surface area contributed by atoms with Gasteiger partial charge in [0.2, 0.25) is 0 Å². The highest BCUT2D eigenvalue weighted by atomic mass is 16.5. The molecule has 0 aromatic carbocycles. The smallest absolute Gasteiger partial charge is 0.336 e. The summed E-state index contributed by atoms with van der Waals surface area (Å²) in [6.45, 7) is 4.09. The van der Waals surface area contributed by atoms with Crippen LogP contribution in [-0.2, 0) is 23.9 Å². The Morgan fingerprint density at radius 2 is 1.82 bits per heavy atom. The van der Waals surface area contributed by atoms with Crippen molar-refractivity contribution in [3.63, 3.8) is 0 Å². The van der Waals surface area contributed by atoms with Gasteiger partial charge in [-0.1, -0.05) is 12.7 Å². The van der Waals surface area contributed by atoms with Gasteiger partial charge >= 0.3 is 23.9 Å². The van der Waals surface area contributed by atoms with E-state index in [1.807, 2.05) is 0 Å². The minimum absolute atomic E-state index is 0.0561. The third-order valence-electron chi connectivity index (χ3n) is 3.11. The zero-order valence-corrected chi connectivity index (χ0v) is 11.7. The van der Waals surface area contributed by atoms with Crippen molar-refractivity contribution in [3.05, 3.63) is 35.5 Å². The highest BCUT2D eigenvalue weighted by molar-refractivity contribution is 6.02. The van der Waals surface area contributed by atoms with Gasteiger partial charge in [-0.25, -0.2) is 14.4 Å². The van der Waals surface area contributed by atoms with E-state index in [9.17, 15) is 24.3 Å². The zero-order valence-electron chi connectivity index (χ0n) is 11.7. The molecule has 0 spiro atoms. The molecule has 8 nitrogen and oxygen atoms in total. The normalized spacial score (nSPS) is 20.4. The molecule has 1 unspecified atom stereocenters. The average molecular weight is 310 g/mol. The third kappa shape index (κ3) is 3.40. The molecule has 1 rings (SSSR count). The lowest BCUT2D eigenvalue weighted by atomic mass is 9.76. The van der Waals surface area contributed by atoms with Crippen LogP contribution >= 0.6 is 0 Å². The molecule has 1 aliphatic rings. The van der Waals surface area contributed by atoms with Crippen LogP contribution in [0.4, 0.5) is 0 Å². The van der Waals surface area contributed by atoms with E-state index in [2.05, 4.69) is 6.58 Å². The van der Waals surface area contributed by atoms with Crippen molar-refractivity contribution >= 4 is 23.9 Å². The lowest BCUT2D eigenvalue weighted by Crippen LogP contribution is -2.38. The minimum atomic E-state index is -1.84. The number of carbonyl (C=O) groups is 4. The largest absolute Gasteiger partial charge is 0.480 e. The molecule has 0 saturated carbocycles. The van der Waals surface area contributed by atoms with E-state index < -0.39 is 53.5 Å². The van der Waals surface area contributed by atoms with Crippen LogP contribution in [0.2, 0.25) is 0 Å². The fourth-order valence-corrected chi connectivity index (χ4v) is 1.83. The summed E-state index contributed by atoms with van der Waals surface area (Å²) in [5.41, 5.74) is -2.85. The fraction of sp³-hybridized carbons (Fsp3) is 0.286. The number of hydrogen-bond donors (Lipinski definition) is 3. The van der Waals surface area contributed by atoms with Crippen LogP contribution in [-0.4, -0.2) is 45.8 Å². The van der Waals surface area contributed by atoms with Gasteiger partial charge in [0.05, 0.1) is 11.1 Å². The van der Waals surface area contributed by atoms with Crippen molar-refractivity contribution in [1.29, 1.82) is 0 Å². The van der Waals surface area contributed by atoms with E-state index in [1.54, 1.807) is 0 Å². The Balaban J connectivity index is 3.15. The van der Waals surface area contributed by atoms with E-state index in [0.29, 0.717) is 0 Å². The van der Waals surface area contributed by atoms with Crippen LogP contribution in [0, 0.1) is 5.41 Å². The molecular weight excluding hydrogens is 296 g/mol. The topological polar surface area (TPSA) is 138 Å². The van der Waals surface area contributed by atoms with Crippen LogP contribution in [0.15, 0.2) is 35.5 Å². The summed E-state index contributed by atoms with van der Waals surface area (Å²) >= 11 is 0. The van der Waals surface area contributed by atoms with Crippen molar-refractivity contribution in [2.45, 2.75) is 13.3 Å². The van der Waals surface area contributed by atoms with Crippen LogP contribution in [0.5, 0.6) is 0 Å². The van der Waals surface area contributed by atoms with Crippen molar-refractivity contribution in [2.75, 3.05) is 6.61 Å². The summed E-state index contributed by atoms with van der Waals surface area (Å²) in [6.07, 6.45) is 1.31. The summed E-state index contributed by atoms with van der Waals surface area (Å²) in [7, 11) is 0. The molecule has 0 saturated heterocycles. The number of aliphatic carboxylic acids is 3. The zero-order chi connectivity index (χ0) is 17.1. The number of carboxylic acid groups (broad SMARTS) is 3. The predicted molar refractivity (Wildman–Crippen MR) is 71.9 cm³/mol. The van der Waals surface area contributed by atoms with E-state index in [4.69, 9.17) is 14.9 Å². The summed E-state index contributed by atoms with van der Waals surface area (Å²) in [5, 5.41) is 27.3. The SMILES string of the molecule is C=C(C)C(=O)OCC1(C(=O)O)C=CC(C(=O)O)=C(C(=O)O)C1. The van der Waals surface area contributed by atoms with Gasteiger partial charge in [0.1, 0.15) is 12.0 Å². The molecule has 0 radical (unpaired) electrons. The highest BCUT2D eigenvalue weighted by Crippen LogP contribution is 2.35. The Hall–Kier alpha value is -2.90. The molecule has 3 N–H and O–H groups in total. The lowest BCUT2D eigenvalue weighted by molar-refractivity contribution is -0.154. The Morgan fingerprint density at radius 1 is 1.23 bits per heavy atom. The lowest BCUT2D eigenvalue weighted by Gasteiger charge is -2.29. The fourth-order valence-electron chi connectivity index (χ4n) is 1.83. The highest BCUT2D eigenvalue weighted by Gasteiger charge is 2.43. The van der Waals surface area contributed by atoms with Crippen LogP contribution in [0.3, 0.4) is 0 Å². The van der Waals surface area contributed by atoms with Gasteiger partial charge in [-0.15, -0.1) is 0 Å².